The molecular formula is C20H21F2N3O4. The molecule has 0 N–H and O–H groups in total. The van der Waals surface area contributed by atoms with Gasteiger partial charge in [0, 0.05) is 12.0 Å². The van der Waals surface area contributed by atoms with Crippen LogP contribution in [0.5, 0.6) is 11.5 Å². The Labute approximate surface area is 166 Å². The number of hydrogen-bond donors (Lipinski definition) is 0. The van der Waals surface area contributed by atoms with Crippen LogP contribution in [0.3, 0.4) is 0 Å². The van der Waals surface area contributed by atoms with Crippen LogP contribution in [0.4, 0.5) is 8.78 Å². The summed E-state index contributed by atoms with van der Waals surface area (Å²) in [6.45, 7) is -1.12. The molecule has 2 aliphatic carbocycles. The Balaban J connectivity index is 1.39. The third-order valence-corrected chi connectivity index (χ3v) is 6.12. The van der Waals surface area contributed by atoms with Crippen molar-refractivity contribution in [2.45, 2.75) is 57.3 Å². The van der Waals surface area contributed by atoms with Gasteiger partial charge in [-0.05, 0) is 62.6 Å². The minimum Gasteiger partial charge on any atom is -0.486 e. The van der Waals surface area contributed by atoms with Gasteiger partial charge in [-0.25, -0.2) is 0 Å². The van der Waals surface area contributed by atoms with E-state index in [0.29, 0.717) is 41.2 Å². The van der Waals surface area contributed by atoms with Gasteiger partial charge >= 0.3 is 6.61 Å². The van der Waals surface area contributed by atoms with Crippen molar-refractivity contribution in [2.75, 3.05) is 0 Å². The van der Waals surface area contributed by atoms with Crippen LogP contribution in [-0.4, -0.2) is 28.6 Å². The van der Waals surface area contributed by atoms with Crippen LogP contribution in [-0.2, 0) is 10.4 Å². The average molecular weight is 405 g/mol. The van der Waals surface area contributed by atoms with Crippen molar-refractivity contribution in [3.8, 4) is 11.5 Å². The van der Waals surface area contributed by atoms with E-state index < -0.39 is 12.2 Å². The van der Waals surface area contributed by atoms with Crippen LogP contribution >= 0.6 is 0 Å². The number of nitrogens with zero attached hydrogens (tertiary/aromatic N) is 3. The number of benzene rings is 1. The number of hydrogen-bond acceptors (Lipinski definition) is 7. The largest absolute Gasteiger partial charge is 0.486 e. The molecule has 7 nitrogen and oxygen atoms in total. The fourth-order valence-corrected chi connectivity index (χ4v) is 4.68. The first-order valence-electron chi connectivity index (χ1n) is 9.78. The summed E-state index contributed by atoms with van der Waals surface area (Å²) < 4.78 is 41.9. The Bertz CT molecular complexity index is 920. The summed E-state index contributed by atoms with van der Waals surface area (Å²) in [6, 6.07) is 4.87. The predicted molar refractivity (Wildman–Crippen MR) is 96.8 cm³/mol. The maximum atomic E-state index is 12.9. The van der Waals surface area contributed by atoms with Crippen LogP contribution in [0.1, 0.15) is 50.5 Å². The van der Waals surface area contributed by atoms with Gasteiger partial charge in [0.1, 0.15) is 6.10 Å². The molecule has 3 aliphatic rings. The first kappa shape index (κ1) is 18.3. The maximum absolute atomic E-state index is 12.9. The fraction of sp³-hybridized carbons (Fsp3) is 0.550. The summed E-state index contributed by atoms with van der Waals surface area (Å²) in [6.07, 6.45) is 6.14. The second-order valence-electron chi connectivity index (χ2n) is 8.15. The van der Waals surface area contributed by atoms with E-state index in [0.717, 1.165) is 19.3 Å². The molecule has 2 bridgehead atoms. The summed E-state index contributed by atoms with van der Waals surface area (Å²) >= 11 is 0. The molecule has 5 rings (SSSR count). The first-order chi connectivity index (χ1) is 14.0. The second-order valence-corrected chi connectivity index (χ2v) is 8.15. The van der Waals surface area contributed by atoms with Crippen LogP contribution < -0.4 is 9.47 Å². The Morgan fingerprint density at radius 2 is 2.10 bits per heavy atom. The van der Waals surface area contributed by atoms with Gasteiger partial charge in [0.25, 0.3) is 5.89 Å². The molecule has 2 fully saturated rings. The number of oxime groups is 1. The Morgan fingerprint density at radius 1 is 1.21 bits per heavy atom. The molecule has 2 heterocycles. The standard InChI is InChI=1S/C20H21F2N3O4/c1-20(18-24-23-10-26-18)9-14(25-29-20)12-4-5-15(28-19(21)22)17(8-12)27-16-7-11-2-3-13(16)6-11/h4-5,8,10-11,13,16,19H,2-3,6-7,9H2,1H3. The van der Waals surface area contributed by atoms with E-state index >= 15 is 0 Å². The molecule has 1 aromatic carbocycles. The lowest BCUT2D eigenvalue weighted by molar-refractivity contribution is -0.0524. The molecule has 1 aliphatic heterocycles. The minimum atomic E-state index is -2.92. The van der Waals surface area contributed by atoms with Crippen molar-refractivity contribution in [2.24, 2.45) is 17.0 Å². The lowest BCUT2D eigenvalue weighted by Crippen LogP contribution is -2.24. The highest BCUT2D eigenvalue weighted by Crippen LogP contribution is 2.47. The summed E-state index contributed by atoms with van der Waals surface area (Å²) in [7, 11) is 0. The minimum absolute atomic E-state index is 0.0331. The molecule has 2 saturated carbocycles. The molecule has 0 spiro atoms. The molecule has 4 atom stereocenters. The third-order valence-electron chi connectivity index (χ3n) is 6.12. The molecule has 2 aromatic rings. The van der Waals surface area contributed by atoms with Gasteiger partial charge in [-0.2, -0.15) is 8.78 Å². The zero-order valence-corrected chi connectivity index (χ0v) is 15.9. The number of halogens is 2. The van der Waals surface area contributed by atoms with E-state index in [4.69, 9.17) is 18.7 Å². The molecule has 1 aromatic heterocycles. The van der Waals surface area contributed by atoms with Crippen LogP contribution in [0.2, 0.25) is 0 Å². The van der Waals surface area contributed by atoms with Gasteiger partial charge in [0.15, 0.2) is 11.5 Å². The third kappa shape index (κ3) is 3.42. The van der Waals surface area contributed by atoms with Gasteiger partial charge in [0.2, 0.25) is 12.0 Å². The summed E-state index contributed by atoms with van der Waals surface area (Å²) in [5.41, 5.74) is 0.496. The van der Waals surface area contributed by atoms with Gasteiger partial charge < -0.3 is 18.7 Å². The smallest absolute Gasteiger partial charge is 0.387 e. The van der Waals surface area contributed by atoms with Crippen molar-refractivity contribution in [1.82, 2.24) is 10.2 Å². The van der Waals surface area contributed by atoms with Crippen molar-refractivity contribution < 1.29 is 27.5 Å². The normalized spacial score (nSPS) is 30.5. The van der Waals surface area contributed by atoms with Crippen LogP contribution in [0.25, 0.3) is 0 Å². The summed E-state index contributed by atoms with van der Waals surface area (Å²) in [5.74, 6) is 1.83. The van der Waals surface area contributed by atoms with E-state index in [9.17, 15) is 8.78 Å². The quantitative estimate of drug-likeness (QED) is 0.714. The van der Waals surface area contributed by atoms with Gasteiger partial charge in [0.05, 0.1) is 5.71 Å². The van der Waals surface area contributed by atoms with Gasteiger partial charge in [-0.1, -0.05) is 5.16 Å². The number of fused-ring (bicyclic) bond motifs is 2. The van der Waals surface area contributed by atoms with Crippen molar-refractivity contribution in [3.63, 3.8) is 0 Å². The van der Waals surface area contributed by atoms with Gasteiger partial charge in [-0.3, -0.25) is 0 Å². The molecule has 9 heteroatoms. The van der Waals surface area contributed by atoms with E-state index in [2.05, 4.69) is 15.4 Å². The molecule has 0 amide bonds. The van der Waals surface area contributed by atoms with E-state index in [-0.39, 0.29) is 11.9 Å². The average Bonchev–Trinajstić information content (AvgIpc) is 3.47. The van der Waals surface area contributed by atoms with E-state index in [1.807, 2.05) is 0 Å². The van der Waals surface area contributed by atoms with Crippen molar-refractivity contribution in [3.05, 3.63) is 36.0 Å². The van der Waals surface area contributed by atoms with E-state index in [1.165, 1.54) is 18.9 Å². The highest BCUT2D eigenvalue weighted by molar-refractivity contribution is 6.02. The first-order valence-corrected chi connectivity index (χ1v) is 9.78. The molecule has 0 saturated heterocycles. The van der Waals surface area contributed by atoms with Crippen LogP contribution in [0.15, 0.2) is 34.2 Å². The lowest BCUT2D eigenvalue weighted by atomic mass is 9.95. The number of rotatable bonds is 6. The highest BCUT2D eigenvalue weighted by Gasteiger charge is 2.43. The fourth-order valence-electron chi connectivity index (χ4n) is 4.68. The highest BCUT2D eigenvalue weighted by atomic mass is 19.3. The lowest BCUT2D eigenvalue weighted by Gasteiger charge is -2.24. The Hall–Kier alpha value is -2.71. The topological polar surface area (TPSA) is 79.0 Å². The number of aromatic nitrogens is 2. The SMILES string of the molecule is CC1(c2nnco2)CC(c2ccc(OC(F)F)c(OC3CC4CCC3C4)c2)=NO1. The molecule has 4 unspecified atom stereocenters. The monoisotopic (exact) mass is 405 g/mol. The number of alkyl halides is 2. The molecule has 154 valence electrons. The summed E-state index contributed by atoms with van der Waals surface area (Å²) in [5, 5.41) is 11.8. The van der Waals surface area contributed by atoms with Crippen molar-refractivity contribution in [1.29, 1.82) is 0 Å². The molecule has 0 radical (unpaired) electrons. The van der Waals surface area contributed by atoms with E-state index in [1.54, 1.807) is 19.1 Å². The van der Waals surface area contributed by atoms with Gasteiger partial charge in [-0.15, -0.1) is 10.2 Å². The van der Waals surface area contributed by atoms with Crippen LogP contribution in [0, 0.1) is 11.8 Å². The maximum Gasteiger partial charge on any atom is 0.387 e. The summed E-state index contributed by atoms with van der Waals surface area (Å²) in [4.78, 5) is 5.56. The molecular weight excluding hydrogens is 384 g/mol. The zero-order chi connectivity index (χ0) is 20.0. The Morgan fingerprint density at radius 3 is 2.79 bits per heavy atom. The predicted octanol–water partition coefficient (Wildman–Crippen LogP) is 4.28. The van der Waals surface area contributed by atoms with Crippen molar-refractivity contribution >= 4 is 5.71 Å². The second kappa shape index (κ2) is 6.96. The zero-order valence-electron chi connectivity index (χ0n) is 15.9. The Kier molecular flexibility index (Phi) is 4.40. The molecule has 29 heavy (non-hydrogen) atoms. The number of ether oxygens (including phenoxy) is 2.